The Hall–Kier alpha value is -5.67. The fraction of sp³-hybridized carbons (Fsp3) is 0.214. The molecule has 0 spiro atoms. The Morgan fingerprint density at radius 1 is 0.617 bits per heavy atom. The zero-order chi connectivity index (χ0) is 49.9. The van der Waals surface area contributed by atoms with Gasteiger partial charge in [0.05, 0.1) is 5.58 Å². The van der Waals surface area contributed by atoms with Crippen LogP contribution in [-0.4, -0.2) is 9.97 Å². The molecule has 3 aromatic heterocycles. The Morgan fingerprint density at radius 3 is 1.98 bits per heavy atom. The van der Waals surface area contributed by atoms with Crippen molar-refractivity contribution in [2.45, 2.75) is 68.0 Å². The summed E-state index contributed by atoms with van der Waals surface area (Å²) in [7, 11) is 0. The Labute approximate surface area is 383 Å². The molecule has 0 saturated carbocycles. The summed E-state index contributed by atoms with van der Waals surface area (Å²) >= 11 is 0. The van der Waals surface area contributed by atoms with Gasteiger partial charge in [-0.1, -0.05) is 168 Å². The molecular weight excluding hydrogens is 909 g/mol. The van der Waals surface area contributed by atoms with Crippen LogP contribution in [0.2, 0.25) is 0 Å². The third-order valence-corrected chi connectivity index (χ3v) is 9.78. The van der Waals surface area contributed by atoms with Gasteiger partial charge in [-0.3, -0.25) is 0 Å². The van der Waals surface area contributed by atoms with Crippen LogP contribution in [0.3, 0.4) is 0 Å². The molecule has 6 aromatic carbocycles. The van der Waals surface area contributed by atoms with Crippen LogP contribution in [0.25, 0.3) is 77.5 Å². The molecule has 60 heavy (non-hydrogen) atoms. The van der Waals surface area contributed by atoms with Crippen LogP contribution in [0.1, 0.15) is 77.5 Å². The Kier molecular flexibility index (Phi) is 9.12. The van der Waals surface area contributed by atoms with E-state index in [2.05, 4.69) is 46.4 Å². The van der Waals surface area contributed by atoms with Gasteiger partial charge in [-0.15, -0.1) is 47.5 Å². The summed E-state index contributed by atoms with van der Waals surface area (Å²) in [5.41, 5.74) is 7.72. The van der Waals surface area contributed by atoms with E-state index in [1.807, 2.05) is 102 Å². The normalized spacial score (nSPS) is 15.0. The summed E-state index contributed by atoms with van der Waals surface area (Å²) in [5, 5.41) is 4.37. The number of fused-ring (bicyclic) bond motifs is 5. The van der Waals surface area contributed by atoms with Gasteiger partial charge in [-0.2, -0.15) is 0 Å². The minimum atomic E-state index is -2.37. The number of benzene rings is 6. The molecule has 0 aliphatic carbocycles. The Balaban J connectivity index is 0.000000204. The van der Waals surface area contributed by atoms with Crippen molar-refractivity contribution < 1.29 is 38.2 Å². The molecule has 4 heteroatoms. The minimum absolute atomic E-state index is 0. The van der Waals surface area contributed by atoms with E-state index in [0.29, 0.717) is 33.5 Å². The topological polar surface area (TPSA) is 38.9 Å². The maximum atomic E-state index is 8.56. The van der Waals surface area contributed by atoms with Crippen LogP contribution < -0.4 is 0 Å². The van der Waals surface area contributed by atoms with Gasteiger partial charge in [-0.05, 0) is 86.6 Å². The monoisotopic (exact) mass is 971 g/mol. The van der Waals surface area contributed by atoms with E-state index in [4.69, 9.17) is 18.1 Å². The van der Waals surface area contributed by atoms with E-state index >= 15 is 0 Å². The van der Waals surface area contributed by atoms with Crippen LogP contribution in [-0.2, 0) is 32.9 Å². The molecular formula is C56H52IrN2O-2. The van der Waals surface area contributed by atoms with Gasteiger partial charge in [0.15, 0.2) is 0 Å². The van der Waals surface area contributed by atoms with E-state index in [-0.39, 0.29) is 31.2 Å². The minimum Gasteiger partial charge on any atom is -0.500 e. The zero-order valence-electron chi connectivity index (χ0n) is 44.5. The molecule has 0 unspecified atom stereocenters. The van der Waals surface area contributed by atoms with Gasteiger partial charge < -0.3 is 14.4 Å². The summed E-state index contributed by atoms with van der Waals surface area (Å²) in [6, 6.07) is 47.5. The van der Waals surface area contributed by atoms with Crippen LogP contribution in [0, 0.1) is 36.7 Å². The van der Waals surface area contributed by atoms with Gasteiger partial charge in [0.25, 0.3) is 0 Å². The van der Waals surface area contributed by atoms with E-state index in [0.717, 1.165) is 55.1 Å². The standard InChI is InChI=1S/C32H26NO.C24H26N.Ir/c1-32(2,3)20-21-11-13-22(14-12-21)24-17-18-33-29(19-24)28-10-6-9-26-27-16-15-23-7-4-5-8-25(23)30(27)34-31(26)28;1-17-6-13-23(25-16-17)21-10-7-18(2)22(14-21)20-11-8-19(9-12-20)15-24(3,4)5;/h4-9,11-19H,20H2,1-3H3;6-9,11-14,16H,15H2,1-5H3;/q2*-1;/i20D2;1D3,2D3,15D2;. The SMILES string of the molecule is [2H]C([2H])([2H])c1ccc(-c2[c-]cc(C([2H])([2H])[2H])c(-c3ccc(C([2H])([2H])C(C)(C)C)cc3)c2)nc1.[2H]C([2H])(c1ccc(-c2ccnc(-c3[c-]ccc4c3oc3c5ccccc5ccc43)c2)cc1)C(C)(C)C.[Ir]. The molecule has 0 bridgehead atoms. The zero-order valence-corrected chi connectivity index (χ0v) is 36.9. The largest absolute Gasteiger partial charge is 0.500 e. The maximum absolute atomic E-state index is 8.56. The number of furan rings is 1. The predicted molar refractivity (Wildman–Crippen MR) is 248 cm³/mol. The fourth-order valence-corrected chi connectivity index (χ4v) is 7.18. The van der Waals surface area contributed by atoms with E-state index in [9.17, 15) is 0 Å². The van der Waals surface area contributed by atoms with Crippen molar-refractivity contribution >= 4 is 32.7 Å². The molecule has 3 nitrogen and oxygen atoms in total. The number of aryl methyl sites for hydroxylation is 2. The average molecular weight is 971 g/mol. The first kappa shape index (κ1) is 31.2. The summed E-state index contributed by atoms with van der Waals surface area (Å²) in [4.78, 5) is 8.89. The van der Waals surface area contributed by atoms with Crippen LogP contribution in [0.4, 0.5) is 0 Å². The second kappa shape index (κ2) is 17.5. The van der Waals surface area contributed by atoms with Crippen LogP contribution >= 0.6 is 0 Å². The van der Waals surface area contributed by atoms with Gasteiger partial charge in [-0.25, -0.2) is 0 Å². The summed E-state index contributed by atoms with van der Waals surface area (Å²) < 4.78 is 86.8. The van der Waals surface area contributed by atoms with Crippen molar-refractivity contribution in [3.8, 4) is 44.8 Å². The molecule has 1 radical (unpaired) electrons. The van der Waals surface area contributed by atoms with Gasteiger partial charge in [0.2, 0.25) is 0 Å². The van der Waals surface area contributed by atoms with Crippen molar-refractivity contribution in [3.63, 3.8) is 0 Å². The summed E-state index contributed by atoms with van der Waals surface area (Å²) in [6.45, 7) is 6.63. The van der Waals surface area contributed by atoms with Crippen molar-refractivity contribution in [2.24, 2.45) is 10.8 Å². The molecule has 0 N–H and O–H groups in total. The Bertz CT molecular complexity index is 3310. The number of hydrogen-bond acceptors (Lipinski definition) is 3. The van der Waals surface area contributed by atoms with Crippen molar-refractivity contribution in [3.05, 3.63) is 180 Å². The molecule has 0 atom stereocenters. The fourth-order valence-electron chi connectivity index (χ4n) is 7.18. The third-order valence-electron chi connectivity index (χ3n) is 9.78. The van der Waals surface area contributed by atoms with Gasteiger partial charge in [0.1, 0.15) is 5.58 Å². The van der Waals surface area contributed by atoms with Gasteiger partial charge in [0, 0.05) is 57.0 Å². The van der Waals surface area contributed by atoms with Crippen LogP contribution in [0.5, 0.6) is 0 Å². The van der Waals surface area contributed by atoms with Crippen LogP contribution in [0.15, 0.2) is 150 Å². The maximum Gasteiger partial charge on any atom is 0.128 e. The first-order valence-electron chi connectivity index (χ1n) is 24.7. The second-order valence-electron chi connectivity index (χ2n) is 16.8. The molecule has 9 aromatic rings. The smallest absolute Gasteiger partial charge is 0.128 e. The molecule has 0 saturated heterocycles. The number of nitrogens with zero attached hydrogens (tertiary/aromatic N) is 2. The van der Waals surface area contributed by atoms with E-state index < -0.39 is 37.3 Å². The third kappa shape index (κ3) is 9.68. The van der Waals surface area contributed by atoms with E-state index in [1.165, 1.54) is 18.3 Å². The average Bonchev–Trinajstić information content (AvgIpc) is 3.70. The van der Waals surface area contributed by atoms with Gasteiger partial charge >= 0.3 is 0 Å². The molecule has 303 valence electrons. The molecule has 0 amide bonds. The molecule has 9 rings (SSSR count). The first-order chi connectivity index (χ1) is 32.3. The van der Waals surface area contributed by atoms with Crippen molar-refractivity contribution in [2.75, 3.05) is 0 Å². The first-order valence-corrected chi connectivity index (χ1v) is 19.7. The summed E-state index contributed by atoms with van der Waals surface area (Å²) in [5.74, 6) is 0. The summed E-state index contributed by atoms with van der Waals surface area (Å²) in [6.07, 6.45) is 0.0993. The Morgan fingerprint density at radius 2 is 1.32 bits per heavy atom. The number of rotatable bonds is 6. The van der Waals surface area contributed by atoms with Crippen molar-refractivity contribution in [1.29, 1.82) is 0 Å². The molecule has 0 aliphatic rings. The molecule has 3 heterocycles. The number of hydrogen-bond donors (Lipinski definition) is 0. The quantitative estimate of drug-likeness (QED) is 0.156. The number of aromatic nitrogens is 2. The van der Waals surface area contributed by atoms with E-state index in [1.54, 1.807) is 42.6 Å². The molecule has 0 aliphatic heterocycles. The number of pyridine rings is 2. The second-order valence-corrected chi connectivity index (χ2v) is 16.8. The van der Waals surface area contributed by atoms with Crippen molar-refractivity contribution in [1.82, 2.24) is 9.97 Å². The molecule has 0 fully saturated rings. The predicted octanol–water partition coefficient (Wildman–Crippen LogP) is 15.3.